The maximum absolute atomic E-state index is 12.9. The van der Waals surface area contributed by atoms with E-state index in [-0.39, 0.29) is 5.91 Å². The van der Waals surface area contributed by atoms with E-state index in [1.54, 1.807) is 17.5 Å². The average Bonchev–Trinajstić information content (AvgIpc) is 3.06. The zero-order valence-electron chi connectivity index (χ0n) is 13.7. The molecule has 0 bridgehead atoms. The first-order valence-corrected chi connectivity index (χ1v) is 9.91. The quantitative estimate of drug-likeness (QED) is 0.647. The standard InChI is InChI=1S/C19H18BrN3OS/c20-17-7-6-15(25-17)13-22-9-11-23(12-10-22)19(24)16-5-1-3-14-4-2-8-21-18(14)16/h1-8H,9-13H2. The molecule has 128 valence electrons. The molecule has 1 aliphatic heterocycles. The molecule has 25 heavy (non-hydrogen) atoms. The number of hydrogen-bond acceptors (Lipinski definition) is 4. The third-order valence-electron chi connectivity index (χ3n) is 4.53. The third kappa shape index (κ3) is 3.61. The van der Waals surface area contributed by atoms with E-state index in [4.69, 9.17) is 0 Å². The fourth-order valence-corrected chi connectivity index (χ4v) is 4.74. The van der Waals surface area contributed by atoms with Crippen LogP contribution in [0.15, 0.2) is 52.4 Å². The van der Waals surface area contributed by atoms with Crippen molar-refractivity contribution >= 4 is 44.1 Å². The first-order chi connectivity index (χ1) is 12.2. The van der Waals surface area contributed by atoms with Gasteiger partial charge in [-0.3, -0.25) is 14.7 Å². The highest BCUT2D eigenvalue weighted by molar-refractivity contribution is 9.11. The summed E-state index contributed by atoms with van der Waals surface area (Å²) in [6.07, 6.45) is 1.75. The Morgan fingerprint density at radius 3 is 2.64 bits per heavy atom. The number of fused-ring (bicyclic) bond motifs is 1. The van der Waals surface area contributed by atoms with Crippen molar-refractivity contribution in [3.8, 4) is 0 Å². The fraction of sp³-hybridized carbons (Fsp3) is 0.263. The zero-order chi connectivity index (χ0) is 17.2. The summed E-state index contributed by atoms with van der Waals surface area (Å²) in [6, 6.07) is 14.0. The van der Waals surface area contributed by atoms with Crippen LogP contribution in [0.5, 0.6) is 0 Å². The third-order valence-corrected chi connectivity index (χ3v) is 6.14. The Balaban J connectivity index is 1.44. The monoisotopic (exact) mass is 415 g/mol. The Labute approximate surface area is 159 Å². The van der Waals surface area contributed by atoms with Gasteiger partial charge in [0, 0.05) is 49.2 Å². The van der Waals surface area contributed by atoms with Crippen LogP contribution in [0.1, 0.15) is 15.2 Å². The average molecular weight is 416 g/mol. The van der Waals surface area contributed by atoms with Gasteiger partial charge in [-0.2, -0.15) is 0 Å². The second-order valence-corrected chi connectivity index (χ2v) is 8.70. The predicted molar refractivity (Wildman–Crippen MR) is 105 cm³/mol. The van der Waals surface area contributed by atoms with Crippen molar-refractivity contribution in [2.45, 2.75) is 6.54 Å². The molecule has 3 aromatic rings. The maximum atomic E-state index is 12.9. The van der Waals surface area contributed by atoms with Crippen molar-refractivity contribution in [3.05, 3.63) is 62.9 Å². The molecular weight excluding hydrogens is 398 g/mol. The number of piperazine rings is 1. The molecule has 0 unspecified atom stereocenters. The van der Waals surface area contributed by atoms with E-state index in [1.165, 1.54) is 8.66 Å². The molecule has 1 amide bonds. The van der Waals surface area contributed by atoms with Gasteiger partial charge < -0.3 is 4.90 Å². The minimum atomic E-state index is 0.0859. The van der Waals surface area contributed by atoms with Crippen LogP contribution >= 0.6 is 27.3 Å². The number of benzene rings is 1. The fourth-order valence-electron chi connectivity index (χ4n) is 3.21. The Bertz CT molecular complexity index is 897. The van der Waals surface area contributed by atoms with Crippen molar-refractivity contribution in [2.24, 2.45) is 0 Å². The molecule has 0 radical (unpaired) electrons. The molecule has 3 heterocycles. The Morgan fingerprint density at radius 1 is 1.08 bits per heavy atom. The van der Waals surface area contributed by atoms with Crippen LogP contribution in [-0.2, 0) is 6.54 Å². The van der Waals surface area contributed by atoms with Crippen molar-refractivity contribution in [1.29, 1.82) is 0 Å². The highest BCUT2D eigenvalue weighted by atomic mass is 79.9. The lowest BCUT2D eigenvalue weighted by Crippen LogP contribution is -2.48. The van der Waals surface area contributed by atoms with Crippen molar-refractivity contribution in [1.82, 2.24) is 14.8 Å². The number of thiophene rings is 1. The highest BCUT2D eigenvalue weighted by Crippen LogP contribution is 2.24. The first kappa shape index (κ1) is 16.7. The molecule has 0 N–H and O–H groups in total. The molecule has 4 nitrogen and oxygen atoms in total. The molecule has 0 saturated carbocycles. The summed E-state index contributed by atoms with van der Waals surface area (Å²) >= 11 is 5.29. The predicted octanol–water partition coefficient (Wildman–Crippen LogP) is 4.02. The van der Waals surface area contributed by atoms with Crippen LogP contribution in [0.25, 0.3) is 10.9 Å². The number of amides is 1. The van der Waals surface area contributed by atoms with Gasteiger partial charge in [-0.1, -0.05) is 18.2 Å². The van der Waals surface area contributed by atoms with Crippen molar-refractivity contribution < 1.29 is 4.79 Å². The van der Waals surface area contributed by atoms with Crippen LogP contribution in [0.4, 0.5) is 0 Å². The molecule has 1 saturated heterocycles. The van der Waals surface area contributed by atoms with E-state index in [1.807, 2.05) is 35.2 Å². The summed E-state index contributed by atoms with van der Waals surface area (Å²) in [4.78, 5) is 23.1. The van der Waals surface area contributed by atoms with Gasteiger partial charge in [0.1, 0.15) is 0 Å². The van der Waals surface area contributed by atoms with Crippen LogP contribution in [-0.4, -0.2) is 46.9 Å². The summed E-state index contributed by atoms with van der Waals surface area (Å²) < 4.78 is 1.17. The number of para-hydroxylation sites is 1. The van der Waals surface area contributed by atoms with Gasteiger partial charge in [-0.15, -0.1) is 11.3 Å². The molecule has 1 aliphatic rings. The van der Waals surface area contributed by atoms with Gasteiger partial charge in [0.05, 0.1) is 14.9 Å². The highest BCUT2D eigenvalue weighted by Gasteiger charge is 2.23. The number of carbonyl (C=O) groups excluding carboxylic acids is 1. The van der Waals surface area contributed by atoms with Crippen LogP contribution in [0.3, 0.4) is 0 Å². The van der Waals surface area contributed by atoms with Crippen LogP contribution in [0, 0.1) is 0 Å². The number of nitrogens with zero attached hydrogens (tertiary/aromatic N) is 3. The summed E-state index contributed by atoms with van der Waals surface area (Å²) in [5, 5.41) is 1.01. The number of hydrogen-bond donors (Lipinski definition) is 0. The van der Waals surface area contributed by atoms with Crippen LogP contribution < -0.4 is 0 Å². The largest absolute Gasteiger partial charge is 0.336 e. The summed E-state index contributed by atoms with van der Waals surface area (Å²) in [5.74, 6) is 0.0859. The lowest BCUT2D eigenvalue weighted by molar-refractivity contribution is 0.0631. The van der Waals surface area contributed by atoms with E-state index in [2.05, 4.69) is 37.9 Å². The van der Waals surface area contributed by atoms with Gasteiger partial charge in [0.15, 0.2) is 0 Å². The van der Waals surface area contributed by atoms with Gasteiger partial charge in [0.25, 0.3) is 5.91 Å². The molecule has 0 atom stereocenters. The molecule has 2 aromatic heterocycles. The minimum absolute atomic E-state index is 0.0859. The zero-order valence-corrected chi connectivity index (χ0v) is 16.1. The number of pyridine rings is 1. The van der Waals surface area contributed by atoms with Crippen LogP contribution in [0.2, 0.25) is 0 Å². The van der Waals surface area contributed by atoms with E-state index in [9.17, 15) is 4.79 Å². The molecule has 4 rings (SSSR count). The molecule has 0 aliphatic carbocycles. The molecule has 6 heteroatoms. The maximum Gasteiger partial charge on any atom is 0.256 e. The number of aromatic nitrogens is 1. The van der Waals surface area contributed by atoms with Crippen molar-refractivity contribution in [2.75, 3.05) is 26.2 Å². The summed E-state index contributed by atoms with van der Waals surface area (Å²) in [5.41, 5.74) is 1.50. The Kier molecular flexibility index (Phi) is 4.83. The number of halogens is 1. The first-order valence-electron chi connectivity index (χ1n) is 8.30. The lowest BCUT2D eigenvalue weighted by atomic mass is 10.1. The van der Waals surface area contributed by atoms with E-state index < -0.39 is 0 Å². The van der Waals surface area contributed by atoms with Crippen molar-refractivity contribution in [3.63, 3.8) is 0 Å². The smallest absolute Gasteiger partial charge is 0.256 e. The Morgan fingerprint density at radius 2 is 1.88 bits per heavy atom. The summed E-state index contributed by atoms with van der Waals surface area (Å²) in [6.45, 7) is 4.27. The SMILES string of the molecule is O=C(c1cccc2cccnc12)N1CCN(Cc2ccc(Br)s2)CC1. The molecule has 1 aromatic carbocycles. The normalized spacial score (nSPS) is 15.6. The minimum Gasteiger partial charge on any atom is -0.336 e. The lowest BCUT2D eigenvalue weighted by Gasteiger charge is -2.34. The van der Waals surface area contributed by atoms with E-state index in [0.29, 0.717) is 5.56 Å². The van der Waals surface area contributed by atoms with E-state index >= 15 is 0 Å². The van der Waals surface area contributed by atoms with E-state index in [0.717, 1.165) is 43.6 Å². The van der Waals surface area contributed by atoms with Gasteiger partial charge >= 0.3 is 0 Å². The molecule has 0 spiro atoms. The van der Waals surface area contributed by atoms with Gasteiger partial charge in [-0.05, 0) is 40.2 Å². The molecular formula is C19H18BrN3OS. The molecule has 1 fully saturated rings. The van der Waals surface area contributed by atoms with Gasteiger partial charge in [0.2, 0.25) is 0 Å². The number of carbonyl (C=O) groups is 1. The van der Waals surface area contributed by atoms with Gasteiger partial charge in [-0.25, -0.2) is 0 Å². The second kappa shape index (κ2) is 7.23. The topological polar surface area (TPSA) is 36.4 Å². The summed E-state index contributed by atoms with van der Waals surface area (Å²) in [7, 11) is 0. The Hall–Kier alpha value is -1.76. The second-order valence-electron chi connectivity index (χ2n) is 6.15. The number of rotatable bonds is 3.